The van der Waals surface area contributed by atoms with Gasteiger partial charge in [0, 0.05) is 48.7 Å². The van der Waals surface area contributed by atoms with Crippen molar-refractivity contribution < 1.29 is 37.1 Å². The molecule has 7 rings (SSSR count). The number of aromatic nitrogens is 1. The zero-order valence-electron chi connectivity index (χ0n) is 30.6. The first-order chi connectivity index (χ1) is 25.6. The van der Waals surface area contributed by atoms with E-state index < -0.39 is 44.7 Å². The van der Waals surface area contributed by atoms with Crippen molar-refractivity contribution in [1.82, 2.24) is 14.6 Å². The number of hydrogen-bond donors (Lipinski definition) is 1. The van der Waals surface area contributed by atoms with Crippen molar-refractivity contribution in [2.24, 2.45) is 17.3 Å². The number of benzene rings is 1. The molecule has 5 aliphatic rings. The zero-order chi connectivity index (χ0) is 37.2. The third-order valence-electron chi connectivity index (χ3n) is 11.8. The highest BCUT2D eigenvalue weighted by molar-refractivity contribution is 7.90. The van der Waals surface area contributed by atoms with Crippen LogP contribution in [-0.2, 0) is 29.2 Å². The van der Waals surface area contributed by atoms with E-state index in [1.54, 1.807) is 18.2 Å². The summed E-state index contributed by atoms with van der Waals surface area (Å²) in [4.78, 5) is 62.4. The molecule has 2 aromatic rings. The van der Waals surface area contributed by atoms with Crippen LogP contribution in [0, 0.1) is 17.3 Å². The summed E-state index contributed by atoms with van der Waals surface area (Å²) in [5.74, 6) is -0.876. The number of Topliss-reactive ketones (excluding diaryl/α,β-unsaturated/α-hetero) is 2. The maximum atomic E-state index is 14.6. The summed E-state index contributed by atoms with van der Waals surface area (Å²) in [6.07, 6.45) is 18.4. The molecule has 4 heterocycles. The summed E-state index contributed by atoms with van der Waals surface area (Å²) in [6.45, 7) is 0.125. The number of allylic oxidation sites excluding steroid dienone is 3. The number of fused-ring (bicyclic) bond motifs is 4. The fraction of sp³-hybridized carbons (Fsp3) is 0.585. The fourth-order valence-electron chi connectivity index (χ4n) is 8.42. The van der Waals surface area contributed by atoms with E-state index in [0.717, 1.165) is 67.7 Å². The van der Waals surface area contributed by atoms with Crippen LogP contribution < -0.4 is 14.2 Å². The SMILES string of the molecule is COc1cc2ccnc3c2cc1/C=C/CCCCCC(=O)C[C@H]1CCCCC/C=C\[C@H]2C[C@@]2(C(=O)NS(=O)(=O)C2CC2)CC(=O)[C@@H]2C[C@H](CN2C1=O)O3. The van der Waals surface area contributed by atoms with Crippen molar-refractivity contribution in [3.63, 3.8) is 0 Å². The van der Waals surface area contributed by atoms with Gasteiger partial charge in [0.05, 0.1) is 30.4 Å². The highest BCUT2D eigenvalue weighted by atomic mass is 32.2. The molecule has 5 atom stereocenters. The van der Waals surface area contributed by atoms with E-state index in [0.29, 0.717) is 43.7 Å². The van der Waals surface area contributed by atoms with Gasteiger partial charge in [0.25, 0.3) is 0 Å². The van der Waals surface area contributed by atoms with Gasteiger partial charge in [-0.05, 0) is 87.3 Å². The third-order valence-corrected chi connectivity index (χ3v) is 13.6. The van der Waals surface area contributed by atoms with Gasteiger partial charge in [0.15, 0.2) is 5.78 Å². The first-order valence-electron chi connectivity index (χ1n) is 19.5. The molecule has 284 valence electrons. The Kier molecular flexibility index (Phi) is 11.1. The lowest BCUT2D eigenvalue weighted by Crippen LogP contribution is -2.46. The number of carbonyl (C=O) groups is 4. The Balaban J connectivity index is 1.23. The summed E-state index contributed by atoms with van der Waals surface area (Å²) in [6, 6.07) is 4.92. The maximum Gasteiger partial charge on any atom is 0.240 e. The van der Waals surface area contributed by atoms with Crippen LogP contribution in [0.4, 0.5) is 0 Å². The first kappa shape index (κ1) is 37.3. The summed E-state index contributed by atoms with van der Waals surface area (Å²) in [7, 11) is -2.19. The molecule has 12 heteroatoms. The van der Waals surface area contributed by atoms with E-state index in [2.05, 4.69) is 15.8 Å². The van der Waals surface area contributed by atoms with Crippen molar-refractivity contribution in [1.29, 1.82) is 0 Å². The Morgan fingerprint density at radius 1 is 1.02 bits per heavy atom. The van der Waals surface area contributed by atoms with Gasteiger partial charge in [-0.3, -0.25) is 23.9 Å². The maximum absolute atomic E-state index is 14.6. The molecule has 3 fully saturated rings. The molecule has 0 spiro atoms. The lowest BCUT2D eigenvalue weighted by molar-refractivity contribution is -0.143. The predicted molar refractivity (Wildman–Crippen MR) is 201 cm³/mol. The van der Waals surface area contributed by atoms with Gasteiger partial charge in [0.2, 0.25) is 27.7 Å². The average molecular weight is 746 g/mol. The molecule has 5 bridgehead atoms. The molecule has 2 aliphatic carbocycles. The van der Waals surface area contributed by atoms with E-state index in [-0.39, 0.29) is 49.2 Å². The van der Waals surface area contributed by atoms with Crippen molar-refractivity contribution >= 4 is 50.3 Å². The number of nitrogens with zero attached hydrogens (tertiary/aromatic N) is 2. The van der Waals surface area contributed by atoms with Crippen LogP contribution in [-0.4, -0.2) is 72.7 Å². The molecule has 53 heavy (non-hydrogen) atoms. The van der Waals surface area contributed by atoms with E-state index in [1.165, 1.54) is 0 Å². The van der Waals surface area contributed by atoms with E-state index in [4.69, 9.17) is 9.47 Å². The molecule has 2 saturated carbocycles. The van der Waals surface area contributed by atoms with Gasteiger partial charge < -0.3 is 14.4 Å². The smallest absolute Gasteiger partial charge is 0.240 e. The second-order valence-electron chi connectivity index (χ2n) is 15.7. The predicted octanol–water partition coefficient (Wildman–Crippen LogP) is 6.24. The molecule has 0 unspecified atom stereocenters. The lowest BCUT2D eigenvalue weighted by atomic mass is 9.90. The molecular formula is C41H51N3O8S. The van der Waals surface area contributed by atoms with Crippen LogP contribution in [0.5, 0.6) is 11.6 Å². The molecule has 2 amide bonds. The largest absolute Gasteiger partial charge is 0.496 e. The zero-order valence-corrected chi connectivity index (χ0v) is 31.4. The van der Waals surface area contributed by atoms with Crippen LogP contribution in [0.3, 0.4) is 0 Å². The van der Waals surface area contributed by atoms with Crippen molar-refractivity contribution in [2.75, 3.05) is 13.7 Å². The monoisotopic (exact) mass is 745 g/mol. The molecule has 1 saturated heterocycles. The molecule has 3 aliphatic heterocycles. The van der Waals surface area contributed by atoms with Crippen molar-refractivity contribution in [3.8, 4) is 11.6 Å². The molecule has 11 nitrogen and oxygen atoms in total. The van der Waals surface area contributed by atoms with Gasteiger partial charge >= 0.3 is 0 Å². The second kappa shape index (κ2) is 15.7. The Hall–Kier alpha value is -4.06. The van der Waals surface area contributed by atoms with Crippen molar-refractivity contribution in [3.05, 3.63) is 48.2 Å². The minimum absolute atomic E-state index is 0.0532. The fourth-order valence-corrected chi connectivity index (χ4v) is 9.80. The van der Waals surface area contributed by atoms with Crippen LogP contribution in [0.2, 0.25) is 0 Å². The molecule has 1 aromatic carbocycles. The number of sulfonamides is 1. The van der Waals surface area contributed by atoms with Gasteiger partial charge in [-0.1, -0.05) is 43.6 Å². The summed E-state index contributed by atoms with van der Waals surface area (Å²) >= 11 is 0. The molecular weight excluding hydrogens is 695 g/mol. The highest BCUT2D eigenvalue weighted by Crippen LogP contribution is 2.57. The summed E-state index contributed by atoms with van der Waals surface area (Å²) in [5.41, 5.74) is -0.331. The summed E-state index contributed by atoms with van der Waals surface area (Å²) in [5, 5.41) is 1.07. The number of nitrogens with one attached hydrogen (secondary N) is 1. The Labute approximate surface area is 312 Å². The van der Waals surface area contributed by atoms with Crippen LogP contribution in [0.15, 0.2) is 42.6 Å². The Bertz CT molecular complexity index is 1920. The second-order valence-corrected chi connectivity index (χ2v) is 17.7. The average Bonchev–Trinajstić information content (AvgIpc) is 4.06. The van der Waals surface area contributed by atoms with E-state index in [9.17, 15) is 27.6 Å². The number of carbonyl (C=O) groups excluding carboxylic acids is 4. The lowest BCUT2D eigenvalue weighted by Gasteiger charge is -2.29. The number of rotatable bonds is 4. The number of ketones is 2. The van der Waals surface area contributed by atoms with Gasteiger partial charge in [-0.15, -0.1) is 0 Å². The Morgan fingerprint density at radius 3 is 2.60 bits per heavy atom. The highest BCUT2D eigenvalue weighted by Gasteiger charge is 2.61. The Morgan fingerprint density at radius 2 is 1.81 bits per heavy atom. The van der Waals surface area contributed by atoms with Crippen LogP contribution >= 0.6 is 0 Å². The summed E-state index contributed by atoms with van der Waals surface area (Å²) < 4.78 is 40.3. The number of amides is 2. The number of hydrogen-bond acceptors (Lipinski definition) is 9. The minimum Gasteiger partial charge on any atom is -0.496 e. The van der Waals surface area contributed by atoms with Crippen molar-refractivity contribution in [2.45, 2.75) is 120 Å². The number of ether oxygens (including phenoxy) is 2. The third kappa shape index (κ3) is 8.37. The molecule has 1 aromatic heterocycles. The normalized spacial score (nSPS) is 30.2. The minimum atomic E-state index is -3.82. The van der Waals surface area contributed by atoms with E-state index >= 15 is 0 Å². The molecule has 1 N–H and O–H groups in total. The van der Waals surface area contributed by atoms with Crippen LogP contribution in [0.25, 0.3) is 16.8 Å². The topological polar surface area (TPSA) is 149 Å². The van der Waals surface area contributed by atoms with Gasteiger partial charge in [0.1, 0.15) is 17.6 Å². The molecule has 0 radical (unpaired) electrons. The van der Waals surface area contributed by atoms with Gasteiger partial charge in [-0.2, -0.15) is 0 Å². The van der Waals surface area contributed by atoms with E-state index in [1.807, 2.05) is 36.4 Å². The standard InChI is InChI=1S/C41H51N3O8S/c1-51-37-22-27-18-19-42-38-34(27)21-28(37)12-8-4-3-7-11-15-31(45)20-29-13-9-5-2-6-10-14-30-24-41(30,40(48)43-53(49,50)33-16-17-33)25-36(46)35-23-32(52-38)26-44(35)39(29)47/h8,10,12,14,18-19,21-22,29-30,32-33,35H,2-7,9,11,13,15-17,20,23-26H2,1H3,(H,43,48)/b12-8+,14-10-/t29-,30+,32-,35+,41-/m1/s1. The van der Waals surface area contributed by atoms with Gasteiger partial charge in [-0.25, -0.2) is 13.4 Å². The number of methoxy groups -OCH3 is 1. The quantitative estimate of drug-likeness (QED) is 0.359. The number of pyridine rings is 1. The van der Waals surface area contributed by atoms with Crippen LogP contribution in [0.1, 0.15) is 108 Å². The first-order valence-corrected chi connectivity index (χ1v) is 21.0.